The lowest BCUT2D eigenvalue weighted by molar-refractivity contribution is -0.121. The molecule has 0 spiro atoms. The standard InChI is InChI=1S/C21H21N5O3/c1-2-29-17-10-8-16(9-11-17)26-20(27)12-18(21(26)28)22-13-19-24-23-14-25(19)15-6-4-3-5-7-15/h3-11,14,18,22H,2,12-13H2,1H3/t18-/m0/s1. The van der Waals surface area contributed by atoms with Crippen molar-refractivity contribution < 1.29 is 14.3 Å². The van der Waals surface area contributed by atoms with Gasteiger partial charge in [0.15, 0.2) is 5.82 Å². The molecule has 1 atom stereocenters. The number of rotatable bonds is 7. The molecule has 1 aliphatic rings. The molecule has 3 aromatic rings. The van der Waals surface area contributed by atoms with Crippen LogP contribution in [0, 0.1) is 0 Å². The van der Waals surface area contributed by atoms with Crippen LogP contribution in [0.3, 0.4) is 0 Å². The van der Waals surface area contributed by atoms with Crippen molar-refractivity contribution in [2.24, 2.45) is 0 Å². The normalized spacial score (nSPS) is 16.4. The Morgan fingerprint density at radius 3 is 2.55 bits per heavy atom. The molecule has 1 saturated heterocycles. The third-order valence-electron chi connectivity index (χ3n) is 4.71. The maximum atomic E-state index is 12.8. The Hall–Kier alpha value is -3.52. The average molecular weight is 391 g/mol. The lowest BCUT2D eigenvalue weighted by Crippen LogP contribution is -2.38. The molecule has 8 nitrogen and oxygen atoms in total. The number of nitrogens with one attached hydrogen (secondary N) is 1. The van der Waals surface area contributed by atoms with Crippen LogP contribution in [0.15, 0.2) is 60.9 Å². The Morgan fingerprint density at radius 2 is 1.83 bits per heavy atom. The molecule has 8 heteroatoms. The molecule has 2 amide bonds. The van der Waals surface area contributed by atoms with Crippen LogP contribution in [0.4, 0.5) is 5.69 Å². The summed E-state index contributed by atoms with van der Waals surface area (Å²) in [6.45, 7) is 2.77. The van der Waals surface area contributed by atoms with E-state index in [0.717, 1.165) is 5.69 Å². The number of carbonyl (C=O) groups excluding carboxylic acids is 2. The number of aromatic nitrogens is 3. The third-order valence-corrected chi connectivity index (χ3v) is 4.71. The lowest BCUT2D eigenvalue weighted by atomic mass is 10.2. The number of ether oxygens (including phenoxy) is 1. The second-order valence-corrected chi connectivity index (χ2v) is 6.58. The third kappa shape index (κ3) is 3.88. The predicted molar refractivity (Wildman–Crippen MR) is 107 cm³/mol. The smallest absolute Gasteiger partial charge is 0.251 e. The second kappa shape index (κ2) is 8.24. The van der Waals surface area contributed by atoms with Gasteiger partial charge in [-0.05, 0) is 43.3 Å². The number of imide groups is 1. The Kier molecular flexibility index (Phi) is 5.35. The molecule has 1 N–H and O–H groups in total. The Balaban J connectivity index is 1.44. The summed E-state index contributed by atoms with van der Waals surface area (Å²) >= 11 is 0. The molecule has 4 rings (SSSR count). The SMILES string of the molecule is CCOc1ccc(N2C(=O)C[C@H](NCc3nncn3-c3ccccc3)C2=O)cc1. The highest BCUT2D eigenvalue weighted by Gasteiger charge is 2.39. The van der Waals surface area contributed by atoms with E-state index in [2.05, 4.69) is 15.5 Å². The monoisotopic (exact) mass is 391 g/mol. The number of hydrogen-bond donors (Lipinski definition) is 1. The lowest BCUT2D eigenvalue weighted by Gasteiger charge is -2.16. The highest BCUT2D eigenvalue weighted by Crippen LogP contribution is 2.25. The summed E-state index contributed by atoms with van der Waals surface area (Å²) in [4.78, 5) is 26.5. The number of para-hydroxylation sites is 1. The van der Waals surface area contributed by atoms with Crippen molar-refractivity contribution in [3.05, 3.63) is 66.7 Å². The van der Waals surface area contributed by atoms with Crippen LogP contribution in [0.25, 0.3) is 5.69 Å². The Bertz CT molecular complexity index is 1000. The van der Waals surface area contributed by atoms with Crippen molar-refractivity contribution in [2.75, 3.05) is 11.5 Å². The first-order valence-corrected chi connectivity index (χ1v) is 9.44. The molecule has 2 heterocycles. The summed E-state index contributed by atoms with van der Waals surface area (Å²) in [5.74, 6) is 0.854. The van der Waals surface area contributed by atoms with Gasteiger partial charge in [0, 0.05) is 5.69 Å². The van der Waals surface area contributed by atoms with E-state index in [-0.39, 0.29) is 18.2 Å². The minimum Gasteiger partial charge on any atom is -0.494 e. The Labute approximate surface area is 168 Å². The van der Waals surface area contributed by atoms with Gasteiger partial charge in [0.1, 0.15) is 12.1 Å². The predicted octanol–water partition coefficient (Wildman–Crippen LogP) is 2.09. The molecular formula is C21H21N5O3. The fourth-order valence-electron chi connectivity index (χ4n) is 3.32. The summed E-state index contributed by atoms with van der Waals surface area (Å²) in [7, 11) is 0. The molecule has 0 aliphatic carbocycles. The zero-order valence-electron chi connectivity index (χ0n) is 16.0. The molecule has 1 aliphatic heterocycles. The van der Waals surface area contributed by atoms with E-state index in [1.54, 1.807) is 30.6 Å². The molecule has 1 aromatic heterocycles. The van der Waals surface area contributed by atoms with Gasteiger partial charge in [-0.1, -0.05) is 18.2 Å². The highest BCUT2D eigenvalue weighted by atomic mass is 16.5. The van der Waals surface area contributed by atoms with Crippen LogP contribution in [0.2, 0.25) is 0 Å². The molecule has 0 unspecified atom stereocenters. The molecule has 148 valence electrons. The molecule has 29 heavy (non-hydrogen) atoms. The maximum Gasteiger partial charge on any atom is 0.251 e. The summed E-state index contributed by atoms with van der Waals surface area (Å²) in [6.07, 6.45) is 1.73. The highest BCUT2D eigenvalue weighted by molar-refractivity contribution is 6.22. The average Bonchev–Trinajstić information content (AvgIpc) is 3.32. The van der Waals surface area contributed by atoms with Crippen molar-refractivity contribution in [3.8, 4) is 11.4 Å². The van der Waals surface area contributed by atoms with E-state index >= 15 is 0 Å². The van der Waals surface area contributed by atoms with E-state index in [0.29, 0.717) is 30.4 Å². The van der Waals surface area contributed by atoms with Gasteiger partial charge >= 0.3 is 0 Å². The second-order valence-electron chi connectivity index (χ2n) is 6.58. The van der Waals surface area contributed by atoms with Crippen molar-refractivity contribution in [2.45, 2.75) is 25.9 Å². The number of nitrogens with zero attached hydrogens (tertiary/aromatic N) is 4. The molecule has 1 fully saturated rings. The summed E-state index contributed by atoms with van der Waals surface area (Å²) in [5.41, 5.74) is 1.47. The maximum absolute atomic E-state index is 12.8. The van der Waals surface area contributed by atoms with Gasteiger partial charge < -0.3 is 4.74 Å². The molecular weight excluding hydrogens is 370 g/mol. The molecule has 2 aromatic carbocycles. The zero-order chi connectivity index (χ0) is 20.2. The minimum absolute atomic E-state index is 0.103. The van der Waals surface area contributed by atoms with Crippen molar-refractivity contribution in [3.63, 3.8) is 0 Å². The number of benzene rings is 2. The van der Waals surface area contributed by atoms with E-state index in [9.17, 15) is 9.59 Å². The zero-order valence-corrected chi connectivity index (χ0v) is 16.0. The largest absolute Gasteiger partial charge is 0.494 e. The van der Waals surface area contributed by atoms with Crippen LogP contribution in [-0.4, -0.2) is 39.2 Å². The first-order chi connectivity index (χ1) is 14.2. The summed E-state index contributed by atoms with van der Waals surface area (Å²) in [5, 5.41) is 11.2. The molecule has 0 saturated carbocycles. The van der Waals surface area contributed by atoms with Gasteiger partial charge in [-0.3, -0.25) is 19.5 Å². The first-order valence-electron chi connectivity index (χ1n) is 9.44. The van der Waals surface area contributed by atoms with Gasteiger partial charge in [0.05, 0.1) is 31.3 Å². The number of hydrogen-bond acceptors (Lipinski definition) is 6. The van der Waals surface area contributed by atoms with Crippen LogP contribution >= 0.6 is 0 Å². The van der Waals surface area contributed by atoms with Crippen molar-refractivity contribution >= 4 is 17.5 Å². The van der Waals surface area contributed by atoms with Crippen LogP contribution in [0.1, 0.15) is 19.2 Å². The van der Waals surface area contributed by atoms with E-state index in [4.69, 9.17) is 4.74 Å². The number of carbonyl (C=O) groups is 2. The van der Waals surface area contributed by atoms with Gasteiger partial charge in [-0.2, -0.15) is 0 Å². The van der Waals surface area contributed by atoms with E-state index in [1.165, 1.54) is 4.90 Å². The Morgan fingerprint density at radius 1 is 1.07 bits per heavy atom. The summed E-state index contributed by atoms with van der Waals surface area (Å²) in [6, 6.07) is 16.0. The van der Waals surface area contributed by atoms with E-state index in [1.807, 2.05) is 41.8 Å². The van der Waals surface area contributed by atoms with Crippen molar-refractivity contribution in [1.82, 2.24) is 20.1 Å². The number of amides is 2. The molecule has 0 radical (unpaired) electrons. The summed E-state index contributed by atoms with van der Waals surface area (Å²) < 4.78 is 7.26. The van der Waals surface area contributed by atoms with E-state index < -0.39 is 6.04 Å². The van der Waals surface area contributed by atoms with Crippen LogP contribution < -0.4 is 15.0 Å². The fraction of sp³-hybridized carbons (Fsp3) is 0.238. The van der Waals surface area contributed by atoms with Crippen LogP contribution in [-0.2, 0) is 16.1 Å². The van der Waals surface area contributed by atoms with Crippen LogP contribution in [0.5, 0.6) is 5.75 Å². The van der Waals surface area contributed by atoms with Gasteiger partial charge in [-0.25, -0.2) is 4.90 Å². The minimum atomic E-state index is -0.602. The molecule has 0 bridgehead atoms. The topological polar surface area (TPSA) is 89.3 Å². The first kappa shape index (κ1) is 18.8. The van der Waals surface area contributed by atoms with Crippen molar-refractivity contribution in [1.29, 1.82) is 0 Å². The van der Waals surface area contributed by atoms with Gasteiger partial charge in [0.25, 0.3) is 5.91 Å². The van der Waals surface area contributed by atoms with Gasteiger partial charge in [-0.15, -0.1) is 10.2 Å². The fourth-order valence-corrected chi connectivity index (χ4v) is 3.32. The quantitative estimate of drug-likeness (QED) is 0.621. The van der Waals surface area contributed by atoms with Gasteiger partial charge in [0.2, 0.25) is 5.91 Å². The number of anilines is 1.